The number of amides is 1. The first-order chi connectivity index (χ1) is 12.5. The van der Waals surface area contributed by atoms with E-state index in [0.29, 0.717) is 11.1 Å². The van der Waals surface area contributed by atoms with Gasteiger partial charge in [-0.05, 0) is 69.4 Å². The summed E-state index contributed by atoms with van der Waals surface area (Å²) in [7, 11) is 0. The number of hydrogen-bond acceptors (Lipinski definition) is 2. The number of carbonyl (C=O) groups is 2. The fourth-order valence-corrected chi connectivity index (χ4v) is 3.73. The SMILES string of the molecule is CC(=O)c1cccc(C(=O)N2[C@@H](CCc3ccc(F)cc3)CC[C@H]2C)c1. The van der Waals surface area contributed by atoms with Crippen LogP contribution in [0.25, 0.3) is 0 Å². The third-order valence-electron chi connectivity index (χ3n) is 5.22. The molecule has 2 aromatic carbocycles. The summed E-state index contributed by atoms with van der Waals surface area (Å²) in [5, 5.41) is 0. The van der Waals surface area contributed by atoms with Gasteiger partial charge in [0.2, 0.25) is 0 Å². The highest BCUT2D eigenvalue weighted by molar-refractivity contribution is 5.99. The van der Waals surface area contributed by atoms with Crippen LogP contribution < -0.4 is 0 Å². The van der Waals surface area contributed by atoms with E-state index < -0.39 is 0 Å². The van der Waals surface area contributed by atoms with Crippen molar-refractivity contribution in [3.8, 4) is 0 Å². The molecule has 0 aromatic heterocycles. The van der Waals surface area contributed by atoms with Crippen molar-refractivity contribution in [3.63, 3.8) is 0 Å². The largest absolute Gasteiger partial charge is 0.333 e. The van der Waals surface area contributed by atoms with Crippen LogP contribution in [0.4, 0.5) is 4.39 Å². The number of carbonyl (C=O) groups excluding carboxylic acids is 2. The van der Waals surface area contributed by atoms with E-state index >= 15 is 0 Å². The minimum absolute atomic E-state index is 0.0118. The van der Waals surface area contributed by atoms with E-state index in [1.165, 1.54) is 19.1 Å². The van der Waals surface area contributed by atoms with Gasteiger partial charge in [0.25, 0.3) is 5.91 Å². The first kappa shape index (κ1) is 18.3. The van der Waals surface area contributed by atoms with Crippen LogP contribution in [0.2, 0.25) is 0 Å². The second kappa shape index (κ2) is 7.81. The predicted molar refractivity (Wildman–Crippen MR) is 99.8 cm³/mol. The lowest BCUT2D eigenvalue weighted by Crippen LogP contribution is -2.40. The van der Waals surface area contributed by atoms with Crippen molar-refractivity contribution >= 4 is 11.7 Å². The topological polar surface area (TPSA) is 37.4 Å². The summed E-state index contributed by atoms with van der Waals surface area (Å²) < 4.78 is 13.0. The summed E-state index contributed by atoms with van der Waals surface area (Å²) in [6, 6.07) is 13.9. The average molecular weight is 353 g/mol. The number of benzene rings is 2. The molecule has 3 rings (SSSR count). The smallest absolute Gasteiger partial charge is 0.254 e. The summed E-state index contributed by atoms with van der Waals surface area (Å²) in [5.41, 5.74) is 2.21. The van der Waals surface area contributed by atoms with Crippen LogP contribution in [0.1, 0.15) is 59.4 Å². The zero-order chi connectivity index (χ0) is 18.7. The van der Waals surface area contributed by atoms with Gasteiger partial charge >= 0.3 is 0 Å². The van der Waals surface area contributed by atoms with Crippen molar-refractivity contribution in [3.05, 3.63) is 71.0 Å². The van der Waals surface area contributed by atoms with Gasteiger partial charge in [0, 0.05) is 23.2 Å². The highest BCUT2D eigenvalue weighted by Crippen LogP contribution is 2.29. The molecular weight excluding hydrogens is 329 g/mol. The van der Waals surface area contributed by atoms with Crippen LogP contribution >= 0.6 is 0 Å². The van der Waals surface area contributed by atoms with Crippen molar-refractivity contribution in [1.82, 2.24) is 4.90 Å². The fourth-order valence-electron chi connectivity index (χ4n) is 3.73. The van der Waals surface area contributed by atoms with Crippen LogP contribution in [-0.2, 0) is 6.42 Å². The van der Waals surface area contributed by atoms with Gasteiger partial charge in [-0.1, -0.05) is 24.3 Å². The number of likely N-dealkylation sites (tertiary alicyclic amines) is 1. The van der Waals surface area contributed by atoms with E-state index in [0.717, 1.165) is 31.2 Å². The molecule has 0 aliphatic carbocycles. The summed E-state index contributed by atoms with van der Waals surface area (Å²) in [4.78, 5) is 26.6. The summed E-state index contributed by atoms with van der Waals surface area (Å²) in [5.74, 6) is -0.283. The van der Waals surface area contributed by atoms with E-state index in [4.69, 9.17) is 0 Å². The Morgan fingerprint density at radius 3 is 2.46 bits per heavy atom. The van der Waals surface area contributed by atoms with E-state index in [1.54, 1.807) is 36.4 Å². The molecule has 0 bridgehead atoms. The van der Waals surface area contributed by atoms with Crippen molar-refractivity contribution in [2.45, 2.75) is 51.6 Å². The maximum absolute atomic E-state index is 13.1. The Morgan fingerprint density at radius 1 is 1.08 bits per heavy atom. The zero-order valence-corrected chi connectivity index (χ0v) is 15.2. The molecule has 0 saturated carbocycles. The maximum Gasteiger partial charge on any atom is 0.254 e. The second-order valence-electron chi connectivity index (χ2n) is 7.09. The van der Waals surface area contributed by atoms with Gasteiger partial charge in [0.05, 0.1) is 0 Å². The number of rotatable bonds is 5. The molecule has 4 heteroatoms. The van der Waals surface area contributed by atoms with Crippen LogP contribution in [0.3, 0.4) is 0 Å². The molecule has 2 atom stereocenters. The van der Waals surface area contributed by atoms with Gasteiger partial charge in [-0.2, -0.15) is 0 Å². The first-order valence-electron chi connectivity index (χ1n) is 9.14. The monoisotopic (exact) mass is 353 g/mol. The molecule has 0 spiro atoms. The van der Waals surface area contributed by atoms with Gasteiger partial charge in [0.15, 0.2) is 5.78 Å². The number of Topliss-reactive ketones (excluding diaryl/α,β-unsaturated/α-hetero) is 1. The number of hydrogen-bond donors (Lipinski definition) is 0. The Kier molecular flexibility index (Phi) is 5.50. The van der Waals surface area contributed by atoms with E-state index in [2.05, 4.69) is 6.92 Å². The Balaban J connectivity index is 1.73. The molecule has 0 N–H and O–H groups in total. The zero-order valence-electron chi connectivity index (χ0n) is 15.2. The molecule has 1 heterocycles. The number of ketones is 1. The highest BCUT2D eigenvalue weighted by Gasteiger charge is 2.34. The molecule has 0 radical (unpaired) electrons. The van der Waals surface area contributed by atoms with Crippen LogP contribution in [0.5, 0.6) is 0 Å². The molecule has 1 saturated heterocycles. The van der Waals surface area contributed by atoms with E-state index in [-0.39, 0.29) is 29.6 Å². The molecule has 0 unspecified atom stereocenters. The minimum Gasteiger partial charge on any atom is -0.333 e. The Hall–Kier alpha value is -2.49. The van der Waals surface area contributed by atoms with Crippen LogP contribution in [0, 0.1) is 5.82 Å². The molecule has 1 aliphatic rings. The van der Waals surface area contributed by atoms with Crippen molar-refractivity contribution in [2.24, 2.45) is 0 Å². The second-order valence-corrected chi connectivity index (χ2v) is 7.09. The van der Waals surface area contributed by atoms with E-state index in [1.807, 2.05) is 4.90 Å². The quantitative estimate of drug-likeness (QED) is 0.734. The van der Waals surface area contributed by atoms with Crippen LogP contribution in [-0.4, -0.2) is 28.7 Å². The summed E-state index contributed by atoms with van der Waals surface area (Å²) >= 11 is 0. The van der Waals surface area contributed by atoms with Gasteiger partial charge < -0.3 is 4.90 Å². The van der Waals surface area contributed by atoms with E-state index in [9.17, 15) is 14.0 Å². The molecule has 136 valence electrons. The molecule has 3 nitrogen and oxygen atoms in total. The Bertz CT molecular complexity index is 800. The Labute approximate surface area is 153 Å². The number of halogens is 1. The predicted octanol–water partition coefficient (Wildman–Crippen LogP) is 4.65. The minimum atomic E-state index is -0.231. The van der Waals surface area contributed by atoms with Gasteiger partial charge in [-0.3, -0.25) is 9.59 Å². The molecule has 1 aliphatic heterocycles. The summed E-state index contributed by atoms with van der Waals surface area (Å²) in [6.07, 6.45) is 3.62. The third kappa shape index (κ3) is 4.01. The molecule has 26 heavy (non-hydrogen) atoms. The lowest BCUT2D eigenvalue weighted by Gasteiger charge is -2.29. The Morgan fingerprint density at radius 2 is 1.77 bits per heavy atom. The first-order valence-corrected chi connectivity index (χ1v) is 9.14. The summed E-state index contributed by atoms with van der Waals surface area (Å²) in [6.45, 7) is 3.58. The van der Waals surface area contributed by atoms with Crippen molar-refractivity contribution in [2.75, 3.05) is 0 Å². The highest BCUT2D eigenvalue weighted by atomic mass is 19.1. The lowest BCUT2D eigenvalue weighted by molar-refractivity contribution is 0.0673. The number of aryl methyl sites for hydroxylation is 1. The molecule has 1 amide bonds. The lowest BCUT2D eigenvalue weighted by atomic mass is 10.0. The average Bonchev–Trinajstić information content (AvgIpc) is 3.01. The van der Waals surface area contributed by atoms with Gasteiger partial charge in [-0.25, -0.2) is 4.39 Å². The third-order valence-corrected chi connectivity index (χ3v) is 5.22. The normalized spacial score (nSPS) is 19.6. The van der Waals surface area contributed by atoms with Crippen molar-refractivity contribution < 1.29 is 14.0 Å². The number of nitrogens with zero attached hydrogens (tertiary/aromatic N) is 1. The molecule has 2 aromatic rings. The standard InChI is InChI=1S/C22H24FNO2/c1-15-6-12-21(13-9-17-7-10-20(23)11-8-17)24(15)22(26)19-5-3-4-18(14-19)16(2)25/h3-5,7-8,10-11,14-15,21H,6,9,12-13H2,1-2H3/t15-,21-/m1/s1. The van der Waals surface area contributed by atoms with Gasteiger partial charge in [-0.15, -0.1) is 0 Å². The molecule has 1 fully saturated rings. The fraction of sp³-hybridized carbons (Fsp3) is 0.364. The van der Waals surface area contributed by atoms with Gasteiger partial charge in [0.1, 0.15) is 5.82 Å². The van der Waals surface area contributed by atoms with Crippen LogP contribution in [0.15, 0.2) is 48.5 Å². The van der Waals surface area contributed by atoms with Crippen molar-refractivity contribution in [1.29, 1.82) is 0 Å². The maximum atomic E-state index is 13.1. The molecular formula is C22H24FNO2.